The summed E-state index contributed by atoms with van der Waals surface area (Å²) in [5.41, 5.74) is 3.00. The average Bonchev–Trinajstić information content (AvgIpc) is 2.89. The van der Waals surface area contributed by atoms with Gasteiger partial charge in [-0.1, -0.05) is 46.3 Å². The van der Waals surface area contributed by atoms with Crippen molar-refractivity contribution in [2.24, 2.45) is 0 Å². The van der Waals surface area contributed by atoms with E-state index in [1.165, 1.54) is 0 Å². The first-order valence-electron chi connectivity index (χ1n) is 9.16. The first kappa shape index (κ1) is 19.2. The molecule has 3 aromatic carbocycles. The molecule has 1 N–H and O–H groups in total. The van der Waals surface area contributed by atoms with Gasteiger partial charge in [0.25, 0.3) is 5.91 Å². The Bertz CT molecular complexity index is 1050. The summed E-state index contributed by atoms with van der Waals surface area (Å²) in [5, 5.41) is 2.93. The molecule has 6 heteroatoms. The molecule has 0 aliphatic carbocycles. The second-order valence-electron chi connectivity index (χ2n) is 6.75. The van der Waals surface area contributed by atoms with E-state index < -0.39 is 6.04 Å². The van der Waals surface area contributed by atoms with Crippen molar-refractivity contribution in [2.45, 2.75) is 6.04 Å². The Balaban J connectivity index is 1.85. The van der Waals surface area contributed by atoms with Crippen LogP contribution in [0.2, 0.25) is 0 Å². The van der Waals surface area contributed by atoms with Crippen LogP contribution in [0.3, 0.4) is 0 Å². The number of carbonyl (C=O) groups excluding carboxylic acids is 2. The number of carbonyl (C=O) groups is 2. The molecule has 0 spiro atoms. The van der Waals surface area contributed by atoms with Crippen LogP contribution < -0.4 is 10.1 Å². The van der Waals surface area contributed by atoms with Crippen LogP contribution in [0.15, 0.2) is 77.3 Å². The van der Waals surface area contributed by atoms with Gasteiger partial charge in [0.05, 0.1) is 13.2 Å². The summed E-state index contributed by atoms with van der Waals surface area (Å²) < 4.78 is 6.07. The second kappa shape index (κ2) is 8.09. The summed E-state index contributed by atoms with van der Waals surface area (Å²) in [7, 11) is 1.58. The number of ether oxygens (including phenoxy) is 1. The molecule has 146 valence electrons. The van der Waals surface area contributed by atoms with E-state index in [0.29, 0.717) is 17.0 Å². The van der Waals surface area contributed by atoms with E-state index in [2.05, 4.69) is 21.2 Å². The molecule has 0 bridgehead atoms. The lowest BCUT2D eigenvalue weighted by Gasteiger charge is -2.30. The number of fused-ring (bicyclic) bond motifs is 1. The van der Waals surface area contributed by atoms with Gasteiger partial charge in [0, 0.05) is 21.3 Å². The summed E-state index contributed by atoms with van der Waals surface area (Å²) >= 11 is 3.52. The summed E-state index contributed by atoms with van der Waals surface area (Å²) in [6.07, 6.45) is 0. The molecule has 1 atom stereocenters. The SMILES string of the molecule is COc1ccc(C(=O)N2CC(=O)Nc3ccc(Br)cc3C2c2ccccc2)cc1. The molecular weight excluding hydrogens is 432 g/mol. The lowest BCUT2D eigenvalue weighted by atomic mass is 9.95. The van der Waals surface area contributed by atoms with Crippen LogP contribution in [0.5, 0.6) is 5.75 Å². The molecule has 0 aromatic heterocycles. The van der Waals surface area contributed by atoms with Crippen molar-refractivity contribution >= 4 is 33.4 Å². The van der Waals surface area contributed by atoms with E-state index >= 15 is 0 Å². The zero-order chi connectivity index (χ0) is 20.4. The van der Waals surface area contributed by atoms with Crippen molar-refractivity contribution < 1.29 is 14.3 Å². The Kier molecular flexibility index (Phi) is 5.36. The first-order chi connectivity index (χ1) is 14.1. The van der Waals surface area contributed by atoms with E-state index in [0.717, 1.165) is 15.6 Å². The van der Waals surface area contributed by atoms with Crippen molar-refractivity contribution in [1.29, 1.82) is 0 Å². The van der Waals surface area contributed by atoms with E-state index in [1.807, 2.05) is 48.5 Å². The van der Waals surface area contributed by atoms with Gasteiger partial charge in [0.15, 0.2) is 0 Å². The number of nitrogens with one attached hydrogen (secondary N) is 1. The number of amides is 2. The highest BCUT2D eigenvalue weighted by atomic mass is 79.9. The summed E-state index contributed by atoms with van der Waals surface area (Å²) in [6.45, 7) is -0.0449. The zero-order valence-electron chi connectivity index (χ0n) is 15.8. The van der Waals surface area contributed by atoms with Gasteiger partial charge in [0.1, 0.15) is 12.3 Å². The molecule has 1 aliphatic heterocycles. The molecular formula is C23H19BrN2O3. The van der Waals surface area contributed by atoms with E-state index in [4.69, 9.17) is 4.74 Å². The Morgan fingerprint density at radius 1 is 1.07 bits per heavy atom. The lowest BCUT2D eigenvalue weighted by molar-refractivity contribution is -0.117. The normalized spacial score (nSPS) is 15.9. The number of nitrogens with zero attached hydrogens (tertiary/aromatic N) is 1. The number of rotatable bonds is 3. The van der Waals surface area contributed by atoms with Crippen molar-refractivity contribution in [1.82, 2.24) is 4.90 Å². The molecule has 1 unspecified atom stereocenters. The molecule has 0 fully saturated rings. The number of anilines is 1. The summed E-state index contributed by atoms with van der Waals surface area (Å²) in [6, 6.07) is 21.9. The highest BCUT2D eigenvalue weighted by Gasteiger charge is 2.34. The third kappa shape index (κ3) is 3.89. The highest BCUT2D eigenvalue weighted by molar-refractivity contribution is 9.10. The van der Waals surface area contributed by atoms with E-state index in [-0.39, 0.29) is 18.4 Å². The minimum absolute atomic E-state index is 0.0449. The fraction of sp³-hybridized carbons (Fsp3) is 0.130. The van der Waals surface area contributed by atoms with Crippen LogP contribution in [0.4, 0.5) is 5.69 Å². The van der Waals surface area contributed by atoms with Crippen LogP contribution >= 0.6 is 15.9 Å². The number of hydrogen-bond acceptors (Lipinski definition) is 3. The fourth-order valence-corrected chi connectivity index (χ4v) is 3.94. The lowest BCUT2D eigenvalue weighted by Crippen LogP contribution is -2.38. The minimum atomic E-state index is -0.405. The van der Waals surface area contributed by atoms with Crippen molar-refractivity contribution in [2.75, 3.05) is 19.0 Å². The molecule has 1 aliphatic rings. The van der Waals surface area contributed by atoms with E-state index in [1.54, 1.807) is 36.3 Å². The number of hydrogen-bond donors (Lipinski definition) is 1. The van der Waals surface area contributed by atoms with Gasteiger partial charge in [0.2, 0.25) is 5.91 Å². The first-order valence-corrected chi connectivity index (χ1v) is 9.95. The molecule has 29 heavy (non-hydrogen) atoms. The summed E-state index contributed by atoms with van der Waals surface area (Å²) in [4.78, 5) is 27.7. The Labute approximate surface area is 177 Å². The molecule has 1 heterocycles. The van der Waals surface area contributed by atoms with Crippen molar-refractivity contribution in [3.63, 3.8) is 0 Å². The monoisotopic (exact) mass is 450 g/mol. The fourth-order valence-electron chi connectivity index (χ4n) is 3.56. The smallest absolute Gasteiger partial charge is 0.255 e. The van der Waals surface area contributed by atoms with Crippen LogP contribution in [0.25, 0.3) is 0 Å². The molecule has 4 rings (SSSR count). The summed E-state index contributed by atoms with van der Waals surface area (Å²) in [5.74, 6) is 0.224. The third-order valence-electron chi connectivity index (χ3n) is 4.92. The Hall–Kier alpha value is -3.12. The van der Waals surface area contributed by atoms with Crippen LogP contribution in [0, 0.1) is 0 Å². The molecule has 3 aromatic rings. The maximum Gasteiger partial charge on any atom is 0.255 e. The number of methoxy groups -OCH3 is 1. The van der Waals surface area contributed by atoms with Gasteiger partial charge >= 0.3 is 0 Å². The topological polar surface area (TPSA) is 58.6 Å². The zero-order valence-corrected chi connectivity index (χ0v) is 17.3. The Morgan fingerprint density at radius 2 is 1.79 bits per heavy atom. The van der Waals surface area contributed by atoms with Gasteiger partial charge in [-0.15, -0.1) is 0 Å². The minimum Gasteiger partial charge on any atom is -0.497 e. The molecule has 0 saturated heterocycles. The number of benzene rings is 3. The highest BCUT2D eigenvalue weighted by Crippen LogP contribution is 2.38. The molecule has 5 nitrogen and oxygen atoms in total. The third-order valence-corrected chi connectivity index (χ3v) is 5.41. The van der Waals surface area contributed by atoms with Gasteiger partial charge in [-0.25, -0.2) is 0 Å². The van der Waals surface area contributed by atoms with Crippen molar-refractivity contribution in [3.8, 4) is 5.75 Å². The molecule has 2 amide bonds. The van der Waals surface area contributed by atoms with Gasteiger partial charge in [-0.3, -0.25) is 9.59 Å². The van der Waals surface area contributed by atoms with Crippen LogP contribution in [0.1, 0.15) is 27.5 Å². The second-order valence-corrected chi connectivity index (χ2v) is 7.67. The molecule has 0 saturated carbocycles. The quantitative estimate of drug-likeness (QED) is 0.631. The van der Waals surface area contributed by atoms with Crippen LogP contribution in [-0.2, 0) is 4.79 Å². The van der Waals surface area contributed by atoms with Crippen molar-refractivity contribution in [3.05, 3.63) is 94.0 Å². The Morgan fingerprint density at radius 3 is 2.48 bits per heavy atom. The molecule has 0 radical (unpaired) electrons. The average molecular weight is 451 g/mol. The van der Waals surface area contributed by atoms with Crippen LogP contribution in [-0.4, -0.2) is 30.4 Å². The largest absolute Gasteiger partial charge is 0.497 e. The van der Waals surface area contributed by atoms with E-state index in [9.17, 15) is 9.59 Å². The number of halogens is 1. The standard InChI is InChI=1S/C23H19BrN2O3/c1-29-18-10-7-16(8-11-18)23(28)26-14-21(27)25-20-12-9-17(24)13-19(20)22(26)15-5-3-2-4-6-15/h2-13,22H,14H2,1H3,(H,25,27). The maximum absolute atomic E-state index is 13.5. The maximum atomic E-state index is 13.5. The van der Waals surface area contributed by atoms with Gasteiger partial charge in [-0.2, -0.15) is 0 Å². The predicted molar refractivity (Wildman–Crippen MR) is 115 cm³/mol. The van der Waals surface area contributed by atoms with Gasteiger partial charge < -0.3 is 15.0 Å². The van der Waals surface area contributed by atoms with Gasteiger partial charge in [-0.05, 0) is 48.0 Å². The predicted octanol–water partition coefficient (Wildman–Crippen LogP) is 4.64.